The van der Waals surface area contributed by atoms with Gasteiger partial charge >= 0.3 is 0 Å². The number of para-hydroxylation sites is 1. The van der Waals surface area contributed by atoms with E-state index in [1.807, 2.05) is 23.1 Å². The molecule has 5 nitrogen and oxygen atoms in total. The molecule has 2 amide bonds. The Morgan fingerprint density at radius 3 is 2.39 bits per heavy atom. The number of amides is 2. The molecular weight excluding hydrogens is 370 g/mol. The van der Waals surface area contributed by atoms with Crippen LogP contribution in [0.3, 0.4) is 0 Å². The van der Waals surface area contributed by atoms with E-state index >= 15 is 0 Å². The second-order valence-corrected chi connectivity index (χ2v) is 9.09. The molecule has 1 aromatic heterocycles. The molecule has 2 aliphatic rings. The summed E-state index contributed by atoms with van der Waals surface area (Å²) < 4.78 is 1.18. The average molecular weight is 400 g/mol. The van der Waals surface area contributed by atoms with Crippen LogP contribution in [-0.4, -0.2) is 52.8 Å². The molecule has 2 fully saturated rings. The van der Waals surface area contributed by atoms with E-state index in [4.69, 9.17) is 0 Å². The van der Waals surface area contributed by atoms with Crippen molar-refractivity contribution in [3.63, 3.8) is 0 Å². The number of piperidine rings is 1. The third-order valence-corrected chi connectivity index (χ3v) is 7.10. The van der Waals surface area contributed by atoms with Crippen LogP contribution >= 0.6 is 11.3 Å². The fourth-order valence-electron chi connectivity index (χ4n) is 4.32. The first-order chi connectivity index (χ1) is 13.7. The second-order valence-electron chi connectivity index (χ2n) is 7.97. The van der Waals surface area contributed by atoms with Crippen LogP contribution in [0, 0.1) is 5.92 Å². The molecule has 0 N–H and O–H groups in total. The van der Waals surface area contributed by atoms with Crippen LogP contribution in [0.25, 0.3) is 10.2 Å². The molecule has 2 saturated heterocycles. The van der Waals surface area contributed by atoms with Gasteiger partial charge in [0, 0.05) is 44.9 Å². The summed E-state index contributed by atoms with van der Waals surface area (Å²) in [6.07, 6.45) is 7.57. The molecule has 28 heavy (non-hydrogen) atoms. The Bertz CT molecular complexity index is 785. The zero-order chi connectivity index (χ0) is 19.3. The van der Waals surface area contributed by atoms with Crippen molar-refractivity contribution in [1.29, 1.82) is 0 Å². The third kappa shape index (κ3) is 4.54. The van der Waals surface area contributed by atoms with Crippen molar-refractivity contribution in [3.05, 3.63) is 29.3 Å². The Labute approximate surface area is 170 Å². The normalized spacial score (nSPS) is 19.0. The molecule has 0 atom stereocenters. The quantitative estimate of drug-likeness (QED) is 0.784. The smallest absolute Gasteiger partial charge is 0.225 e. The molecule has 0 bridgehead atoms. The Balaban J connectivity index is 1.25. The minimum absolute atomic E-state index is 0.103. The molecule has 0 spiro atoms. The zero-order valence-corrected chi connectivity index (χ0v) is 17.3. The van der Waals surface area contributed by atoms with Crippen LogP contribution < -0.4 is 0 Å². The minimum atomic E-state index is 0.103. The topological polar surface area (TPSA) is 53.5 Å². The lowest BCUT2D eigenvalue weighted by molar-refractivity contribution is -0.140. The first kappa shape index (κ1) is 19.4. The van der Waals surface area contributed by atoms with E-state index in [1.54, 1.807) is 11.3 Å². The van der Waals surface area contributed by atoms with Gasteiger partial charge in [-0.2, -0.15) is 0 Å². The number of carbonyl (C=O) groups is 2. The standard InChI is InChI=1S/C22H29N3O2S/c26-21(10-9-20-23-18-7-3-4-8-19(18)28-20)24-15-11-17(12-16-24)22(27)25-13-5-1-2-6-14-25/h3-4,7-8,17H,1-2,5-6,9-16H2. The van der Waals surface area contributed by atoms with Crippen molar-refractivity contribution in [2.75, 3.05) is 26.2 Å². The molecule has 4 rings (SSSR count). The number of aromatic nitrogens is 1. The molecule has 0 unspecified atom stereocenters. The number of hydrogen-bond acceptors (Lipinski definition) is 4. The fraction of sp³-hybridized carbons (Fsp3) is 0.591. The Morgan fingerprint density at radius 1 is 0.964 bits per heavy atom. The van der Waals surface area contributed by atoms with Gasteiger partial charge in [-0.25, -0.2) is 4.98 Å². The van der Waals surface area contributed by atoms with Crippen LogP contribution in [0.15, 0.2) is 24.3 Å². The molecule has 150 valence electrons. The summed E-state index contributed by atoms with van der Waals surface area (Å²) in [5, 5.41) is 1.03. The predicted octanol–water partition coefficient (Wildman–Crippen LogP) is 3.87. The van der Waals surface area contributed by atoms with Gasteiger partial charge < -0.3 is 9.80 Å². The number of thiazole rings is 1. The van der Waals surface area contributed by atoms with Gasteiger partial charge in [0.05, 0.1) is 15.2 Å². The average Bonchev–Trinajstić information content (AvgIpc) is 2.95. The van der Waals surface area contributed by atoms with Crippen molar-refractivity contribution in [3.8, 4) is 0 Å². The maximum absolute atomic E-state index is 12.8. The largest absolute Gasteiger partial charge is 0.343 e. The molecule has 0 radical (unpaired) electrons. The number of carbonyl (C=O) groups excluding carboxylic acids is 2. The summed E-state index contributed by atoms with van der Waals surface area (Å²) in [6.45, 7) is 3.26. The van der Waals surface area contributed by atoms with Crippen molar-refractivity contribution >= 4 is 33.4 Å². The SMILES string of the molecule is O=C(CCc1nc2ccccc2s1)N1CCC(C(=O)N2CCCCCC2)CC1. The summed E-state index contributed by atoms with van der Waals surface area (Å²) in [7, 11) is 0. The highest BCUT2D eigenvalue weighted by atomic mass is 32.1. The van der Waals surface area contributed by atoms with Crippen molar-refractivity contribution in [2.45, 2.75) is 51.4 Å². The summed E-state index contributed by atoms with van der Waals surface area (Å²) in [4.78, 5) is 34.0. The van der Waals surface area contributed by atoms with Gasteiger partial charge in [-0.05, 0) is 37.8 Å². The maximum Gasteiger partial charge on any atom is 0.225 e. The van der Waals surface area contributed by atoms with Gasteiger partial charge in [-0.3, -0.25) is 9.59 Å². The molecule has 0 aliphatic carbocycles. The van der Waals surface area contributed by atoms with Crippen LogP contribution in [-0.2, 0) is 16.0 Å². The van der Waals surface area contributed by atoms with Gasteiger partial charge in [0.2, 0.25) is 11.8 Å². The van der Waals surface area contributed by atoms with E-state index in [0.29, 0.717) is 31.8 Å². The zero-order valence-electron chi connectivity index (χ0n) is 16.4. The lowest BCUT2D eigenvalue weighted by atomic mass is 9.95. The Hall–Kier alpha value is -1.95. The fourth-order valence-corrected chi connectivity index (χ4v) is 5.29. The lowest BCUT2D eigenvalue weighted by Crippen LogP contribution is -2.44. The molecule has 2 aromatic rings. The summed E-state index contributed by atoms with van der Waals surface area (Å²) in [5.41, 5.74) is 1.02. The van der Waals surface area contributed by atoms with E-state index in [-0.39, 0.29) is 11.8 Å². The van der Waals surface area contributed by atoms with Gasteiger partial charge in [-0.1, -0.05) is 25.0 Å². The molecule has 6 heteroatoms. The molecule has 0 saturated carbocycles. The molecule has 2 aliphatic heterocycles. The maximum atomic E-state index is 12.8. The van der Waals surface area contributed by atoms with E-state index in [2.05, 4.69) is 16.0 Å². The third-order valence-electron chi connectivity index (χ3n) is 6.01. The monoisotopic (exact) mass is 399 g/mol. The van der Waals surface area contributed by atoms with Gasteiger partial charge in [-0.15, -0.1) is 11.3 Å². The Kier molecular flexibility index (Phi) is 6.25. The second kappa shape index (κ2) is 9.03. The van der Waals surface area contributed by atoms with Crippen LogP contribution in [0.4, 0.5) is 0 Å². The molecular formula is C22H29N3O2S. The summed E-state index contributed by atoms with van der Waals surface area (Å²) >= 11 is 1.68. The number of nitrogens with zero attached hydrogens (tertiary/aromatic N) is 3. The Morgan fingerprint density at radius 2 is 1.68 bits per heavy atom. The predicted molar refractivity (Wildman–Crippen MR) is 112 cm³/mol. The molecule has 1 aromatic carbocycles. The number of rotatable bonds is 4. The van der Waals surface area contributed by atoms with Gasteiger partial charge in [0.1, 0.15) is 0 Å². The van der Waals surface area contributed by atoms with E-state index < -0.39 is 0 Å². The highest BCUT2D eigenvalue weighted by Gasteiger charge is 2.30. The minimum Gasteiger partial charge on any atom is -0.343 e. The van der Waals surface area contributed by atoms with Crippen molar-refractivity contribution < 1.29 is 9.59 Å². The number of hydrogen-bond donors (Lipinski definition) is 0. The van der Waals surface area contributed by atoms with Crippen LogP contribution in [0.2, 0.25) is 0 Å². The van der Waals surface area contributed by atoms with E-state index in [9.17, 15) is 9.59 Å². The first-order valence-electron chi connectivity index (χ1n) is 10.6. The number of fused-ring (bicyclic) bond motifs is 1. The molecule has 3 heterocycles. The number of benzene rings is 1. The van der Waals surface area contributed by atoms with Gasteiger partial charge in [0.25, 0.3) is 0 Å². The number of aryl methyl sites for hydroxylation is 1. The van der Waals surface area contributed by atoms with Crippen molar-refractivity contribution in [1.82, 2.24) is 14.8 Å². The van der Waals surface area contributed by atoms with Gasteiger partial charge in [0.15, 0.2) is 0 Å². The summed E-state index contributed by atoms with van der Waals surface area (Å²) in [6, 6.07) is 8.11. The van der Waals surface area contributed by atoms with E-state index in [0.717, 1.165) is 49.3 Å². The lowest BCUT2D eigenvalue weighted by Gasteiger charge is -2.34. The van der Waals surface area contributed by atoms with E-state index in [1.165, 1.54) is 17.5 Å². The van der Waals surface area contributed by atoms with Crippen LogP contribution in [0.1, 0.15) is 50.0 Å². The highest BCUT2D eigenvalue weighted by Crippen LogP contribution is 2.24. The highest BCUT2D eigenvalue weighted by molar-refractivity contribution is 7.18. The first-order valence-corrected chi connectivity index (χ1v) is 11.4. The van der Waals surface area contributed by atoms with Crippen LogP contribution in [0.5, 0.6) is 0 Å². The van der Waals surface area contributed by atoms with Crippen molar-refractivity contribution in [2.24, 2.45) is 5.92 Å². The summed E-state index contributed by atoms with van der Waals surface area (Å²) in [5.74, 6) is 0.620. The number of likely N-dealkylation sites (tertiary alicyclic amines) is 2.